The SMILES string of the molecule is COCCN(C)Cc1ccc(-c2cccc(CN(C)C(=O)CNC(=O)OC(C)(C)C)c2)cc1. The number of methoxy groups -OCH3 is 1. The van der Waals surface area contributed by atoms with Gasteiger partial charge < -0.3 is 19.7 Å². The Balaban J connectivity index is 1.93. The molecule has 33 heavy (non-hydrogen) atoms. The first-order valence-corrected chi connectivity index (χ1v) is 11.1. The summed E-state index contributed by atoms with van der Waals surface area (Å²) < 4.78 is 10.3. The summed E-state index contributed by atoms with van der Waals surface area (Å²) in [5.41, 5.74) is 3.89. The molecule has 0 radical (unpaired) electrons. The molecule has 0 fully saturated rings. The first-order valence-electron chi connectivity index (χ1n) is 11.1. The maximum absolute atomic E-state index is 12.4. The highest BCUT2D eigenvalue weighted by Crippen LogP contribution is 2.22. The van der Waals surface area contributed by atoms with Crippen molar-refractivity contribution in [3.8, 4) is 11.1 Å². The Bertz CT molecular complexity index is 906. The van der Waals surface area contributed by atoms with Gasteiger partial charge in [0.2, 0.25) is 5.91 Å². The van der Waals surface area contributed by atoms with Crippen LogP contribution < -0.4 is 5.32 Å². The molecule has 180 valence electrons. The Morgan fingerprint density at radius 2 is 1.64 bits per heavy atom. The predicted molar refractivity (Wildman–Crippen MR) is 131 cm³/mol. The lowest BCUT2D eigenvalue weighted by Crippen LogP contribution is -2.40. The summed E-state index contributed by atoms with van der Waals surface area (Å²) >= 11 is 0. The number of amides is 2. The van der Waals surface area contributed by atoms with Crippen LogP contribution in [-0.4, -0.2) is 68.3 Å². The number of rotatable bonds is 10. The average molecular weight is 456 g/mol. The highest BCUT2D eigenvalue weighted by molar-refractivity contribution is 5.82. The third-order valence-corrected chi connectivity index (χ3v) is 4.97. The fraction of sp³-hybridized carbons (Fsp3) is 0.462. The van der Waals surface area contributed by atoms with Crippen molar-refractivity contribution in [2.45, 2.75) is 39.5 Å². The molecule has 2 aromatic rings. The molecule has 0 aliphatic carbocycles. The summed E-state index contributed by atoms with van der Waals surface area (Å²) in [6.45, 7) is 8.16. The fourth-order valence-corrected chi connectivity index (χ4v) is 3.25. The molecule has 7 heteroatoms. The number of benzene rings is 2. The maximum atomic E-state index is 12.4. The van der Waals surface area contributed by atoms with Crippen LogP contribution in [0.1, 0.15) is 31.9 Å². The third kappa shape index (κ3) is 9.63. The van der Waals surface area contributed by atoms with Crippen molar-refractivity contribution >= 4 is 12.0 Å². The zero-order chi connectivity index (χ0) is 24.4. The Labute approximate surface area is 197 Å². The van der Waals surface area contributed by atoms with Gasteiger partial charge in [-0.1, -0.05) is 42.5 Å². The van der Waals surface area contributed by atoms with Crippen molar-refractivity contribution in [2.75, 3.05) is 40.9 Å². The molecule has 0 aliphatic rings. The Hall–Kier alpha value is -2.90. The van der Waals surface area contributed by atoms with Gasteiger partial charge in [-0.15, -0.1) is 0 Å². The lowest BCUT2D eigenvalue weighted by molar-refractivity contribution is -0.129. The molecule has 0 saturated heterocycles. The smallest absolute Gasteiger partial charge is 0.408 e. The van der Waals surface area contributed by atoms with Gasteiger partial charge in [-0.25, -0.2) is 4.79 Å². The van der Waals surface area contributed by atoms with Crippen molar-refractivity contribution in [2.24, 2.45) is 0 Å². The van der Waals surface area contributed by atoms with E-state index in [4.69, 9.17) is 9.47 Å². The molecule has 2 amide bonds. The molecular formula is C26H37N3O4. The van der Waals surface area contributed by atoms with Crippen molar-refractivity contribution in [3.05, 3.63) is 59.7 Å². The third-order valence-electron chi connectivity index (χ3n) is 4.97. The van der Waals surface area contributed by atoms with E-state index in [1.165, 1.54) is 5.56 Å². The average Bonchev–Trinajstić information content (AvgIpc) is 2.75. The van der Waals surface area contributed by atoms with Crippen molar-refractivity contribution in [1.29, 1.82) is 0 Å². The second-order valence-electron chi connectivity index (χ2n) is 9.23. The summed E-state index contributed by atoms with van der Waals surface area (Å²) in [5, 5.41) is 2.51. The second-order valence-corrected chi connectivity index (χ2v) is 9.23. The van der Waals surface area contributed by atoms with Crippen molar-refractivity contribution in [3.63, 3.8) is 0 Å². The first-order chi connectivity index (χ1) is 15.6. The Kier molecular flexibility index (Phi) is 9.88. The molecule has 0 saturated carbocycles. The van der Waals surface area contributed by atoms with Gasteiger partial charge in [-0.05, 0) is 56.1 Å². The molecular weight excluding hydrogens is 418 g/mol. The van der Waals surface area contributed by atoms with Gasteiger partial charge >= 0.3 is 6.09 Å². The summed E-state index contributed by atoms with van der Waals surface area (Å²) in [5.74, 6) is -0.187. The number of carbonyl (C=O) groups is 2. The number of hydrogen-bond donors (Lipinski definition) is 1. The van der Waals surface area contributed by atoms with Crippen LogP contribution >= 0.6 is 0 Å². The topological polar surface area (TPSA) is 71.1 Å². The van der Waals surface area contributed by atoms with Crippen LogP contribution in [-0.2, 0) is 27.4 Å². The second kappa shape index (κ2) is 12.4. The molecule has 0 bridgehead atoms. The fourth-order valence-electron chi connectivity index (χ4n) is 3.25. The zero-order valence-electron chi connectivity index (χ0n) is 20.7. The largest absolute Gasteiger partial charge is 0.444 e. The summed E-state index contributed by atoms with van der Waals surface area (Å²) in [6.07, 6.45) is -0.598. The molecule has 0 spiro atoms. The molecule has 7 nitrogen and oxygen atoms in total. The van der Waals surface area contributed by atoms with Gasteiger partial charge in [-0.3, -0.25) is 9.69 Å². The van der Waals surface area contributed by atoms with Gasteiger partial charge in [0, 0.05) is 33.8 Å². The molecule has 2 aromatic carbocycles. The number of alkyl carbamates (subject to hydrolysis) is 1. The van der Waals surface area contributed by atoms with Crippen LogP contribution in [0, 0.1) is 0 Å². The molecule has 1 N–H and O–H groups in total. The normalized spacial score (nSPS) is 11.4. The van der Waals surface area contributed by atoms with E-state index in [1.807, 2.05) is 12.1 Å². The summed E-state index contributed by atoms with van der Waals surface area (Å²) in [6, 6.07) is 16.7. The number of nitrogens with zero attached hydrogens (tertiary/aromatic N) is 2. The van der Waals surface area contributed by atoms with Gasteiger partial charge in [0.1, 0.15) is 12.1 Å². The zero-order valence-corrected chi connectivity index (χ0v) is 20.7. The van der Waals surface area contributed by atoms with Crippen LogP contribution in [0.5, 0.6) is 0 Å². The van der Waals surface area contributed by atoms with E-state index in [0.29, 0.717) is 6.54 Å². The summed E-state index contributed by atoms with van der Waals surface area (Å²) in [4.78, 5) is 28.0. The lowest BCUT2D eigenvalue weighted by Gasteiger charge is -2.21. The van der Waals surface area contributed by atoms with Crippen molar-refractivity contribution < 1.29 is 19.1 Å². The lowest BCUT2D eigenvalue weighted by atomic mass is 10.0. The van der Waals surface area contributed by atoms with E-state index in [-0.39, 0.29) is 12.5 Å². The number of carbonyl (C=O) groups excluding carboxylic acids is 2. The van der Waals surface area contributed by atoms with Crippen LogP contribution in [0.4, 0.5) is 4.79 Å². The first kappa shape index (κ1) is 26.4. The Morgan fingerprint density at radius 3 is 2.27 bits per heavy atom. The molecule has 0 atom stereocenters. The van der Waals surface area contributed by atoms with Gasteiger partial charge in [0.15, 0.2) is 0 Å². The van der Waals surface area contributed by atoms with E-state index in [2.05, 4.69) is 53.7 Å². The number of ether oxygens (including phenoxy) is 2. The molecule has 0 aromatic heterocycles. The van der Waals surface area contributed by atoms with E-state index >= 15 is 0 Å². The van der Waals surface area contributed by atoms with Crippen LogP contribution in [0.25, 0.3) is 11.1 Å². The minimum atomic E-state index is -0.600. The standard InChI is InChI=1S/C26H37N3O4/c1-26(2,3)33-25(31)27-17-24(30)29(5)19-21-8-7-9-23(16-21)22-12-10-20(11-13-22)18-28(4)14-15-32-6/h7-13,16H,14-15,17-19H2,1-6H3,(H,27,31). The quantitative estimate of drug-likeness (QED) is 0.588. The number of hydrogen-bond acceptors (Lipinski definition) is 5. The van der Waals surface area contributed by atoms with Gasteiger partial charge in [-0.2, -0.15) is 0 Å². The van der Waals surface area contributed by atoms with E-state index in [0.717, 1.165) is 36.4 Å². The molecule has 0 aliphatic heterocycles. The molecule has 0 heterocycles. The van der Waals surface area contributed by atoms with Crippen LogP contribution in [0.3, 0.4) is 0 Å². The monoisotopic (exact) mass is 455 g/mol. The number of nitrogens with one attached hydrogen (secondary N) is 1. The Morgan fingerprint density at radius 1 is 0.939 bits per heavy atom. The number of likely N-dealkylation sites (N-methyl/N-ethyl adjacent to an activating group) is 2. The van der Waals surface area contributed by atoms with Gasteiger partial charge in [0.25, 0.3) is 0 Å². The molecule has 2 rings (SSSR count). The highest BCUT2D eigenvalue weighted by atomic mass is 16.6. The van der Waals surface area contributed by atoms with E-state index in [1.54, 1.807) is 39.8 Å². The van der Waals surface area contributed by atoms with Crippen molar-refractivity contribution in [1.82, 2.24) is 15.1 Å². The van der Waals surface area contributed by atoms with Crippen LogP contribution in [0.2, 0.25) is 0 Å². The minimum absolute atomic E-state index is 0.106. The maximum Gasteiger partial charge on any atom is 0.408 e. The van der Waals surface area contributed by atoms with Crippen LogP contribution in [0.15, 0.2) is 48.5 Å². The van der Waals surface area contributed by atoms with E-state index in [9.17, 15) is 9.59 Å². The molecule has 0 unspecified atom stereocenters. The van der Waals surface area contributed by atoms with E-state index < -0.39 is 11.7 Å². The van der Waals surface area contributed by atoms with Gasteiger partial charge in [0.05, 0.1) is 6.61 Å². The summed E-state index contributed by atoms with van der Waals surface area (Å²) in [7, 11) is 5.52. The highest BCUT2D eigenvalue weighted by Gasteiger charge is 2.17. The minimum Gasteiger partial charge on any atom is -0.444 e. The predicted octanol–water partition coefficient (Wildman–Crippen LogP) is 3.91.